The maximum absolute atomic E-state index is 2.41. The van der Waals surface area contributed by atoms with Gasteiger partial charge in [0.1, 0.15) is 0 Å². The van der Waals surface area contributed by atoms with Crippen LogP contribution >= 0.6 is 0 Å². The van der Waals surface area contributed by atoms with Crippen molar-refractivity contribution in [1.29, 1.82) is 0 Å². The van der Waals surface area contributed by atoms with E-state index in [4.69, 9.17) is 0 Å². The molecule has 1 aromatic carbocycles. The molecule has 15 heavy (non-hydrogen) atoms. The van der Waals surface area contributed by atoms with Crippen LogP contribution in [0.4, 0.5) is 0 Å². The summed E-state index contributed by atoms with van der Waals surface area (Å²) in [7, 11) is 0. The van der Waals surface area contributed by atoms with Crippen LogP contribution in [0, 0.1) is 11.8 Å². The average molecular weight is 200 g/mol. The van der Waals surface area contributed by atoms with Gasteiger partial charge in [0.25, 0.3) is 0 Å². The Balaban J connectivity index is 2.59. The summed E-state index contributed by atoms with van der Waals surface area (Å²) in [5, 5.41) is 0. The van der Waals surface area contributed by atoms with Crippen molar-refractivity contribution < 1.29 is 0 Å². The fraction of sp³-hybridized carbons (Fsp3) is 0.467. The standard InChI is InChI=1S/C15H20/c1-11(2)15(12(3)4)10-9-13-7-5-6-8-14(13)15/h5-12H,1-4H3. The Morgan fingerprint density at radius 1 is 0.933 bits per heavy atom. The molecular weight excluding hydrogens is 180 g/mol. The van der Waals surface area contributed by atoms with Crippen molar-refractivity contribution in [3.05, 3.63) is 41.5 Å². The molecule has 2 rings (SSSR count). The molecule has 0 heteroatoms. The summed E-state index contributed by atoms with van der Waals surface area (Å²) in [6.45, 7) is 9.30. The summed E-state index contributed by atoms with van der Waals surface area (Å²) in [4.78, 5) is 0. The molecule has 0 spiro atoms. The van der Waals surface area contributed by atoms with Gasteiger partial charge in [-0.1, -0.05) is 64.1 Å². The molecule has 0 aromatic heterocycles. The second-order valence-corrected chi connectivity index (χ2v) is 5.16. The SMILES string of the molecule is CC(C)C1(C(C)C)C=Cc2ccccc21. The molecular formula is C15H20. The zero-order valence-corrected chi connectivity index (χ0v) is 10.1. The maximum atomic E-state index is 2.41. The molecule has 1 aliphatic carbocycles. The third-order valence-corrected chi connectivity index (χ3v) is 3.88. The predicted molar refractivity (Wildman–Crippen MR) is 66.8 cm³/mol. The fourth-order valence-corrected chi connectivity index (χ4v) is 3.03. The number of hydrogen-bond acceptors (Lipinski definition) is 0. The highest BCUT2D eigenvalue weighted by atomic mass is 14.4. The van der Waals surface area contributed by atoms with Crippen LogP contribution in [0.15, 0.2) is 30.3 Å². The molecule has 0 bridgehead atoms. The first-order valence-corrected chi connectivity index (χ1v) is 5.87. The first kappa shape index (κ1) is 10.5. The normalized spacial score (nSPS) is 17.5. The van der Waals surface area contributed by atoms with Crippen LogP contribution in [0.2, 0.25) is 0 Å². The molecule has 0 nitrogen and oxygen atoms in total. The van der Waals surface area contributed by atoms with Crippen LogP contribution in [0.1, 0.15) is 38.8 Å². The van der Waals surface area contributed by atoms with Gasteiger partial charge in [0.2, 0.25) is 0 Å². The van der Waals surface area contributed by atoms with Crippen LogP contribution in [0.3, 0.4) is 0 Å². The number of allylic oxidation sites excluding steroid dienone is 1. The molecule has 0 aliphatic heterocycles. The van der Waals surface area contributed by atoms with E-state index in [0.29, 0.717) is 11.8 Å². The number of hydrogen-bond donors (Lipinski definition) is 0. The molecule has 0 saturated carbocycles. The van der Waals surface area contributed by atoms with Gasteiger partial charge in [-0.3, -0.25) is 0 Å². The first-order valence-electron chi connectivity index (χ1n) is 5.87. The van der Waals surface area contributed by atoms with Crippen LogP contribution in [-0.2, 0) is 5.41 Å². The third-order valence-electron chi connectivity index (χ3n) is 3.88. The molecule has 1 aliphatic rings. The molecule has 0 unspecified atom stereocenters. The minimum atomic E-state index is 0.247. The van der Waals surface area contributed by atoms with E-state index in [-0.39, 0.29) is 5.41 Å². The lowest BCUT2D eigenvalue weighted by Gasteiger charge is -2.37. The van der Waals surface area contributed by atoms with Crippen molar-refractivity contribution in [2.75, 3.05) is 0 Å². The molecule has 0 amide bonds. The largest absolute Gasteiger partial charge is 0.0728 e. The summed E-state index contributed by atoms with van der Waals surface area (Å²) in [5.41, 5.74) is 3.16. The van der Waals surface area contributed by atoms with Crippen LogP contribution < -0.4 is 0 Å². The molecule has 0 saturated heterocycles. The number of fused-ring (bicyclic) bond motifs is 1. The molecule has 0 fully saturated rings. The van der Waals surface area contributed by atoms with Gasteiger partial charge in [0, 0.05) is 5.41 Å². The lowest BCUT2D eigenvalue weighted by molar-refractivity contribution is 0.290. The number of benzene rings is 1. The fourth-order valence-electron chi connectivity index (χ4n) is 3.03. The van der Waals surface area contributed by atoms with Gasteiger partial charge in [-0.15, -0.1) is 0 Å². The third kappa shape index (κ3) is 1.35. The first-order chi connectivity index (χ1) is 7.09. The van der Waals surface area contributed by atoms with Crippen molar-refractivity contribution in [3.63, 3.8) is 0 Å². The van der Waals surface area contributed by atoms with E-state index >= 15 is 0 Å². The van der Waals surface area contributed by atoms with Gasteiger partial charge in [-0.25, -0.2) is 0 Å². The lowest BCUT2D eigenvalue weighted by atomic mass is 9.66. The van der Waals surface area contributed by atoms with Crippen molar-refractivity contribution >= 4 is 6.08 Å². The van der Waals surface area contributed by atoms with E-state index < -0.39 is 0 Å². The molecule has 80 valence electrons. The van der Waals surface area contributed by atoms with E-state index in [0.717, 1.165) is 0 Å². The quantitative estimate of drug-likeness (QED) is 0.669. The van der Waals surface area contributed by atoms with E-state index in [1.807, 2.05) is 0 Å². The highest BCUT2D eigenvalue weighted by Gasteiger charge is 2.40. The van der Waals surface area contributed by atoms with Gasteiger partial charge >= 0.3 is 0 Å². The van der Waals surface area contributed by atoms with Gasteiger partial charge in [-0.05, 0) is 23.0 Å². The summed E-state index contributed by atoms with van der Waals surface area (Å²) in [6.07, 6.45) is 4.70. The zero-order valence-electron chi connectivity index (χ0n) is 10.1. The summed E-state index contributed by atoms with van der Waals surface area (Å²) in [6, 6.07) is 8.79. The molecule has 0 heterocycles. The van der Waals surface area contributed by atoms with Gasteiger partial charge < -0.3 is 0 Å². The Hall–Kier alpha value is -1.04. The lowest BCUT2D eigenvalue weighted by Crippen LogP contribution is -2.34. The summed E-state index contributed by atoms with van der Waals surface area (Å²) in [5.74, 6) is 1.30. The summed E-state index contributed by atoms with van der Waals surface area (Å²) >= 11 is 0. The van der Waals surface area contributed by atoms with Crippen molar-refractivity contribution in [2.45, 2.75) is 33.1 Å². The van der Waals surface area contributed by atoms with Crippen molar-refractivity contribution in [1.82, 2.24) is 0 Å². The van der Waals surface area contributed by atoms with Gasteiger partial charge in [0.15, 0.2) is 0 Å². The average Bonchev–Trinajstić information content (AvgIpc) is 2.57. The Kier molecular flexibility index (Phi) is 2.46. The molecule has 1 aromatic rings. The highest BCUT2D eigenvalue weighted by Crippen LogP contribution is 2.46. The Bertz CT molecular complexity index is 375. The van der Waals surface area contributed by atoms with Crippen LogP contribution in [-0.4, -0.2) is 0 Å². The van der Waals surface area contributed by atoms with E-state index in [1.54, 1.807) is 0 Å². The minimum Gasteiger partial charge on any atom is -0.0728 e. The van der Waals surface area contributed by atoms with E-state index in [2.05, 4.69) is 64.1 Å². The van der Waals surface area contributed by atoms with Crippen molar-refractivity contribution in [2.24, 2.45) is 11.8 Å². The van der Waals surface area contributed by atoms with Gasteiger partial charge in [-0.2, -0.15) is 0 Å². The van der Waals surface area contributed by atoms with Crippen LogP contribution in [0.25, 0.3) is 6.08 Å². The summed E-state index contributed by atoms with van der Waals surface area (Å²) < 4.78 is 0. The zero-order chi connectivity index (χ0) is 11.1. The molecule has 0 radical (unpaired) electrons. The minimum absolute atomic E-state index is 0.247. The Morgan fingerprint density at radius 2 is 1.53 bits per heavy atom. The second-order valence-electron chi connectivity index (χ2n) is 5.16. The Labute approximate surface area is 93.0 Å². The van der Waals surface area contributed by atoms with Gasteiger partial charge in [0.05, 0.1) is 0 Å². The molecule has 0 atom stereocenters. The Morgan fingerprint density at radius 3 is 2.13 bits per heavy atom. The predicted octanol–water partition coefficient (Wildman–Crippen LogP) is 4.26. The molecule has 0 N–H and O–H groups in total. The van der Waals surface area contributed by atoms with E-state index in [9.17, 15) is 0 Å². The van der Waals surface area contributed by atoms with Crippen LogP contribution in [0.5, 0.6) is 0 Å². The topological polar surface area (TPSA) is 0 Å². The van der Waals surface area contributed by atoms with Crippen molar-refractivity contribution in [3.8, 4) is 0 Å². The van der Waals surface area contributed by atoms with E-state index in [1.165, 1.54) is 11.1 Å². The maximum Gasteiger partial charge on any atom is 0.0187 e. The monoisotopic (exact) mass is 200 g/mol. The smallest absolute Gasteiger partial charge is 0.0187 e. The second kappa shape index (κ2) is 3.52. The number of rotatable bonds is 2. The highest BCUT2D eigenvalue weighted by molar-refractivity contribution is 5.65.